The van der Waals surface area contributed by atoms with Crippen molar-refractivity contribution in [3.8, 4) is 0 Å². The molecular weight excluding hydrogens is 486 g/mol. The quantitative estimate of drug-likeness (QED) is 0.296. The molecule has 0 aliphatic carbocycles. The Morgan fingerprint density at radius 2 is 2.15 bits per heavy atom. The molecule has 116 valence electrons. The van der Waals surface area contributed by atoms with Crippen LogP contribution in [0.4, 0.5) is 0 Å². The zero-order valence-corrected chi connectivity index (χ0v) is 16.4. The van der Waals surface area contributed by atoms with Gasteiger partial charge in [-0.25, -0.2) is 0 Å². The summed E-state index contributed by atoms with van der Waals surface area (Å²) in [5.74, 6) is -0.0496. The SMILES string of the molecule is CNCCCCCC(=O)NC1[CH-]OC(COC)C1O.[U]. The normalized spacial score (nSPS) is 25.2. The summed E-state index contributed by atoms with van der Waals surface area (Å²) in [7, 11) is 3.47. The molecule has 0 radical (unpaired) electrons. The van der Waals surface area contributed by atoms with E-state index in [0.29, 0.717) is 13.0 Å². The summed E-state index contributed by atoms with van der Waals surface area (Å²) in [6.07, 6.45) is 2.29. The molecule has 1 aliphatic heterocycles. The van der Waals surface area contributed by atoms with Crippen LogP contribution in [0.3, 0.4) is 0 Å². The van der Waals surface area contributed by atoms with Crippen molar-refractivity contribution in [2.75, 3.05) is 27.3 Å². The number of nitrogens with one attached hydrogen (secondary N) is 2. The molecule has 1 fully saturated rings. The van der Waals surface area contributed by atoms with E-state index in [2.05, 4.69) is 10.6 Å². The molecule has 6 nitrogen and oxygen atoms in total. The Kier molecular flexibility index (Phi) is 12.2. The first-order valence-electron chi connectivity index (χ1n) is 6.78. The number of hydrogen-bond donors (Lipinski definition) is 3. The van der Waals surface area contributed by atoms with Crippen molar-refractivity contribution in [3.63, 3.8) is 0 Å². The number of amides is 1. The minimum atomic E-state index is -0.742. The van der Waals surface area contributed by atoms with E-state index in [1.54, 1.807) is 7.11 Å². The average Bonchev–Trinajstić information content (AvgIpc) is 2.72. The Balaban J connectivity index is 0.00000361. The van der Waals surface area contributed by atoms with Gasteiger partial charge >= 0.3 is 0 Å². The van der Waals surface area contributed by atoms with Crippen molar-refractivity contribution in [3.05, 3.63) is 6.61 Å². The number of aliphatic hydroxyl groups excluding tert-OH is 1. The molecule has 7 heteroatoms. The van der Waals surface area contributed by atoms with Crippen molar-refractivity contribution < 1.29 is 50.5 Å². The Labute approximate surface area is 144 Å². The molecule has 3 atom stereocenters. The van der Waals surface area contributed by atoms with Crippen molar-refractivity contribution in [1.29, 1.82) is 0 Å². The fraction of sp³-hybridized carbons (Fsp3) is 0.846. The van der Waals surface area contributed by atoms with Crippen LogP contribution < -0.4 is 10.6 Å². The number of rotatable bonds is 9. The number of hydrogen-bond acceptors (Lipinski definition) is 5. The summed E-state index contributed by atoms with van der Waals surface area (Å²) < 4.78 is 10.2. The zero-order chi connectivity index (χ0) is 14.1. The van der Waals surface area contributed by atoms with Crippen molar-refractivity contribution in [2.45, 2.75) is 43.9 Å². The van der Waals surface area contributed by atoms with Crippen LogP contribution in [0.5, 0.6) is 0 Å². The second kappa shape index (κ2) is 12.0. The molecule has 0 bridgehead atoms. The van der Waals surface area contributed by atoms with Gasteiger partial charge in [-0.1, -0.05) is 6.42 Å². The molecule has 1 aliphatic rings. The molecule has 0 aromatic rings. The molecule has 0 aromatic heterocycles. The predicted octanol–water partition coefficient (Wildman–Crippen LogP) is -0.181. The topological polar surface area (TPSA) is 79.8 Å². The van der Waals surface area contributed by atoms with E-state index in [-0.39, 0.29) is 37.0 Å². The maximum absolute atomic E-state index is 11.7. The van der Waals surface area contributed by atoms with Crippen LogP contribution in [0.2, 0.25) is 0 Å². The Bertz CT molecular complexity index is 269. The predicted molar refractivity (Wildman–Crippen MR) is 71.4 cm³/mol. The molecule has 1 saturated heterocycles. The summed E-state index contributed by atoms with van der Waals surface area (Å²) in [6.45, 7) is 2.77. The second-order valence-electron chi connectivity index (χ2n) is 4.76. The first kappa shape index (κ1) is 20.4. The van der Waals surface area contributed by atoms with E-state index in [4.69, 9.17) is 9.47 Å². The van der Waals surface area contributed by atoms with Gasteiger partial charge in [0, 0.05) is 44.6 Å². The van der Waals surface area contributed by atoms with Gasteiger partial charge in [0.1, 0.15) is 0 Å². The summed E-state index contributed by atoms with van der Waals surface area (Å²) >= 11 is 0. The Morgan fingerprint density at radius 3 is 2.80 bits per heavy atom. The molecule has 1 heterocycles. The average molecular weight is 511 g/mol. The molecular formula is C13H25N2O4U-. The second-order valence-corrected chi connectivity index (χ2v) is 4.76. The Morgan fingerprint density at radius 1 is 1.40 bits per heavy atom. The van der Waals surface area contributed by atoms with E-state index >= 15 is 0 Å². The smallest absolute Gasteiger partial charge is 0.217 e. The zero-order valence-electron chi connectivity index (χ0n) is 12.2. The third-order valence-corrected chi connectivity index (χ3v) is 3.14. The molecule has 0 spiro atoms. The van der Waals surface area contributed by atoms with Crippen molar-refractivity contribution in [1.82, 2.24) is 10.6 Å². The van der Waals surface area contributed by atoms with E-state index in [9.17, 15) is 9.90 Å². The first-order valence-corrected chi connectivity index (χ1v) is 6.78. The van der Waals surface area contributed by atoms with Crippen molar-refractivity contribution in [2.24, 2.45) is 0 Å². The van der Waals surface area contributed by atoms with E-state index in [0.717, 1.165) is 25.8 Å². The summed E-state index contributed by atoms with van der Waals surface area (Å²) in [4.78, 5) is 11.7. The maximum Gasteiger partial charge on any atom is 0.217 e. The molecule has 1 rings (SSSR count). The summed E-state index contributed by atoms with van der Waals surface area (Å²) in [6, 6.07) is -0.440. The first-order chi connectivity index (χ1) is 9.19. The standard InChI is InChI=1S/C13H25N2O4.U/c1-14-7-5-3-4-6-12(16)15-10-8-19-11(9-18-2)13(10)17;/h8,10-11,13-14,17H,3-7,9H2,1-2H3,(H,15,16);/q-1;. The van der Waals surface area contributed by atoms with E-state index < -0.39 is 18.2 Å². The van der Waals surface area contributed by atoms with Gasteiger partial charge in [-0.05, 0) is 32.5 Å². The van der Waals surface area contributed by atoms with Gasteiger partial charge in [0.15, 0.2) is 0 Å². The minimum absolute atomic E-state index is 0. The third kappa shape index (κ3) is 7.39. The van der Waals surface area contributed by atoms with Crippen LogP contribution in [0.1, 0.15) is 25.7 Å². The molecule has 3 unspecified atom stereocenters. The third-order valence-electron chi connectivity index (χ3n) is 3.14. The molecule has 0 saturated carbocycles. The molecule has 3 N–H and O–H groups in total. The van der Waals surface area contributed by atoms with Gasteiger partial charge in [-0.3, -0.25) is 4.79 Å². The summed E-state index contributed by atoms with van der Waals surface area (Å²) in [5, 5.41) is 15.7. The van der Waals surface area contributed by atoms with Crippen LogP contribution in [0.25, 0.3) is 0 Å². The van der Waals surface area contributed by atoms with Crippen LogP contribution in [0, 0.1) is 37.7 Å². The largest absolute Gasteiger partial charge is 0.544 e. The molecule has 0 aromatic carbocycles. The summed E-state index contributed by atoms with van der Waals surface area (Å²) in [5.41, 5.74) is 0. The number of carbonyl (C=O) groups excluding carboxylic acids is 1. The van der Waals surface area contributed by atoms with Gasteiger partial charge in [0.25, 0.3) is 0 Å². The van der Waals surface area contributed by atoms with E-state index in [1.165, 1.54) is 6.61 Å². The number of carbonyl (C=O) groups is 1. The van der Waals surface area contributed by atoms with E-state index in [1.807, 2.05) is 7.05 Å². The van der Waals surface area contributed by atoms with Crippen molar-refractivity contribution >= 4 is 5.91 Å². The fourth-order valence-corrected chi connectivity index (χ4v) is 2.02. The fourth-order valence-electron chi connectivity index (χ4n) is 2.02. The Hall–Kier alpha value is 0.362. The van der Waals surface area contributed by atoms with Gasteiger partial charge in [-0.2, -0.15) is 6.61 Å². The van der Waals surface area contributed by atoms with Gasteiger partial charge in [0.2, 0.25) is 5.91 Å². The number of methoxy groups -OCH3 is 1. The van der Waals surface area contributed by atoms with Gasteiger partial charge < -0.3 is 25.2 Å². The van der Waals surface area contributed by atoms with Gasteiger partial charge in [-0.15, -0.1) is 0 Å². The number of unbranched alkanes of at least 4 members (excludes halogenated alkanes) is 2. The van der Waals surface area contributed by atoms with Gasteiger partial charge in [0.05, 0.1) is 18.8 Å². The van der Waals surface area contributed by atoms with Crippen LogP contribution in [0.15, 0.2) is 0 Å². The van der Waals surface area contributed by atoms with Crippen LogP contribution in [-0.4, -0.2) is 56.6 Å². The monoisotopic (exact) mass is 511 g/mol. The van der Waals surface area contributed by atoms with Crippen LogP contribution in [-0.2, 0) is 14.3 Å². The van der Waals surface area contributed by atoms with Crippen LogP contribution >= 0.6 is 0 Å². The maximum atomic E-state index is 11.7. The molecule has 1 amide bonds. The number of aliphatic hydroxyl groups is 1. The minimum Gasteiger partial charge on any atom is -0.544 e. The number of ether oxygens (including phenoxy) is 2. The molecule has 20 heavy (non-hydrogen) atoms.